The smallest absolute Gasteiger partial charge is 0.305 e. The SMILES string of the molecule is CCN(CC)C(=O)CCCC(=O)N[C@@H](CC(=O)O)c1ccc2ccccc2c1. The first kappa shape index (κ1) is 21.4. The highest BCUT2D eigenvalue weighted by Crippen LogP contribution is 2.23. The number of carbonyl (C=O) groups is 3. The summed E-state index contributed by atoms with van der Waals surface area (Å²) in [5.41, 5.74) is 0.758. The van der Waals surface area contributed by atoms with Crippen molar-refractivity contribution in [3.63, 3.8) is 0 Å². The molecule has 0 fully saturated rings. The fourth-order valence-corrected chi connectivity index (χ4v) is 3.25. The van der Waals surface area contributed by atoms with Crippen LogP contribution in [-0.4, -0.2) is 40.9 Å². The lowest BCUT2D eigenvalue weighted by atomic mass is 9.99. The number of nitrogens with zero attached hydrogens (tertiary/aromatic N) is 1. The van der Waals surface area contributed by atoms with Gasteiger partial charge < -0.3 is 15.3 Å². The lowest BCUT2D eigenvalue weighted by Crippen LogP contribution is -2.32. The Bertz CT molecular complexity index is 830. The molecule has 0 heterocycles. The first-order valence-corrected chi connectivity index (χ1v) is 9.72. The zero-order chi connectivity index (χ0) is 20.5. The normalized spacial score (nSPS) is 11.8. The summed E-state index contributed by atoms with van der Waals surface area (Å²) in [6, 6.07) is 12.9. The monoisotopic (exact) mass is 384 g/mol. The molecular formula is C22H28N2O4. The van der Waals surface area contributed by atoms with Gasteiger partial charge in [0.1, 0.15) is 0 Å². The van der Waals surface area contributed by atoms with Crippen LogP contribution in [0.15, 0.2) is 42.5 Å². The molecule has 0 spiro atoms. The fourth-order valence-electron chi connectivity index (χ4n) is 3.25. The van der Waals surface area contributed by atoms with Crippen molar-refractivity contribution < 1.29 is 19.5 Å². The average Bonchev–Trinajstić information content (AvgIpc) is 2.67. The standard InChI is InChI=1S/C22H28N2O4/c1-3-24(4-2)21(26)11-7-10-20(25)23-19(15-22(27)28)18-13-12-16-8-5-6-9-17(16)14-18/h5-6,8-9,12-14,19H,3-4,7,10-11,15H2,1-2H3,(H,23,25)(H,27,28)/t19-/m0/s1. The zero-order valence-electron chi connectivity index (χ0n) is 16.5. The van der Waals surface area contributed by atoms with E-state index in [0.29, 0.717) is 25.9 Å². The second-order valence-electron chi connectivity index (χ2n) is 6.74. The number of fused-ring (bicyclic) bond motifs is 1. The summed E-state index contributed by atoms with van der Waals surface area (Å²) in [5, 5.41) is 14.1. The highest BCUT2D eigenvalue weighted by Gasteiger charge is 2.19. The third-order valence-corrected chi connectivity index (χ3v) is 4.80. The first-order valence-electron chi connectivity index (χ1n) is 9.72. The van der Waals surface area contributed by atoms with Crippen molar-refractivity contribution in [1.82, 2.24) is 10.2 Å². The molecule has 2 amide bonds. The van der Waals surface area contributed by atoms with Gasteiger partial charge in [-0.25, -0.2) is 0 Å². The molecule has 0 aliphatic heterocycles. The third-order valence-electron chi connectivity index (χ3n) is 4.80. The molecule has 2 aromatic carbocycles. The molecule has 28 heavy (non-hydrogen) atoms. The predicted molar refractivity (Wildman–Crippen MR) is 109 cm³/mol. The molecule has 2 rings (SSSR count). The Hall–Kier alpha value is -2.89. The highest BCUT2D eigenvalue weighted by molar-refractivity contribution is 5.84. The summed E-state index contributed by atoms with van der Waals surface area (Å²) in [6.45, 7) is 5.16. The van der Waals surface area contributed by atoms with Crippen molar-refractivity contribution in [1.29, 1.82) is 0 Å². The van der Waals surface area contributed by atoms with E-state index < -0.39 is 12.0 Å². The van der Waals surface area contributed by atoms with Gasteiger partial charge in [0.25, 0.3) is 0 Å². The van der Waals surface area contributed by atoms with Crippen LogP contribution in [-0.2, 0) is 14.4 Å². The Morgan fingerprint density at radius 1 is 1.00 bits per heavy atom. The molecule has 0 bridgehead atoms. The second-order valence-corrected chi connectivity index (χ2v) is 6.74. The van der Waals surface area contributed by atoms with Crippen molar-refractivity contribution in [2.75, 3.05) is 13.1 Å². The van der Waals surface area contributed by atoms with Gasteiger partial charge in [-0.2, -0.15) is 0 Å². The van der Waals surface area contributed by atoms with Crippen LogP contribution in [0, 0.1) is 0 Å². The molecule has 2 aromatic rings. The van der Waals surface area contributed by atoms with Crippen LogP contribution in [0.3, 0.4) is 0 Å². The molecule has 0 radical (unpaired) electrons. The molecule has 2 N–H and O–H groups in total. The van der Waals surface area contributed by atoms with E-state index in [2.05, 4.69) is 5.32 Å². The van der Waals surface area contributed by atoms with Crippen molar-refractivity contribution in [3.8, 4) is 0 Å². The van der Waals surface area contributed by atoms with E-state index in [4.69, 9.17) is 0 Å². The minimum absolute atomic E-state index is 0.0365. The number of hydrogen-bond acceptors (Lipinski definition) is 3. The van der Waals surface area contributed by atoms with E-state index in [1.807, 2.05) is 56.3 Å². The van der Waals surface area contributed by atoms with Gasteiger partial charge in [-0.05, 0) is 42.7 Å². The maximum absolute atomic E-state index is 12.3. The van der Waals surface area contributed by atoms with Crippen molar-refractivity contribution in [2.24, 2.45) is 0 Å². The molecular weight excluding hydrogens is 356 g/mol. The lowest BCUT2D eigenvalue weighted by molar-refractivity contribution is -0.137. The summed E-state index contributed by atoms with van der Waals surface area (Å²) in [7, 11) is 0. The van der Waals surface area contributed by atoms with Crippen LogP contribution >= 0.6 is 0 Å². The van der Waals surface area contributed by atoms with Crippen molar-refractivity contribution in [2.45, 2.75) is 45.6 Å². The number of carbonyl (C=O) groups excluding carboxylic acids is 2. The van der Waals surface area contributed by atoms with Gasteiger partial charge in [0.2, 0.25) is 11.8 Å². The van der Waals surface area contributed by atoms with E-state index in [0.717, 1.165) is 16.3 Å². The van der Waals surface area contributed by atoms with Gasteiger partial charge in [-0.15, -0.1) is 0 Å². The molecule has 1 atom stereocenters. The molecule has 0 saturated carbocycles. The average molecular weight is 384 g/mol. The van der Waals surface area contributed by atoms with Crippen LogP contribution < -0.4 is 5.32 Å². The second kappa shape index (κ2) is 10.4. The molecule has 0 aromatic heterocycles. The third kappa shape index (κ3) is 6.08. The summed E-state index contributed by atoms with van der Waals surface area (Å²) in [4.78, 5) is 37.4. The molecule has 0 unspecified atom stereocenters. The Morgan fingerprint density at radius 2 is 1.68 bits per heavy atom. The van der Waals surface area contributed by atoms with Crippen LogP contribution in [0.5, 0.6) is 0 Å². The van der Waals surface area contributed by atoms with E-state index >= 15 is 0 Å². The molecule has 6 nitrogen and oxygen atoms in total. The Kier molecular flexibility index (Phi) is 7.99. The number of hydrogen-bond donors (Lipinski definition) is 2. The van der Waals surface area contributed by atoms with E-state index in [-0.39, 0.29) is 24.7 Å². The van der Waals surface area contributed by atoms with Crippen molar-refractivity contribution >= 4 is 28.6 Å². The van der Waals surface area contributed by atoms with Gasteiger partial charge in [0.15, 0.2) is 0 Å². The Balaban J connectivity index is 2.00. The number of benzene rings is 2. The summed E-state index contributed by atoms with van der Waals surface area (Å²) >= 11 is 0. The lowest BCUT2D eigenvalue weighted by Gasteiger charge is -2.19. The zero-order valence-corrected chi connectivity index (χ0v) is 16.5. The van der Waals surface area contributed by atoms with Crippen LogP contribution in [0.1, 0.15) is 51.1 Å². The quantitative estimate of drug-likeness (QED) is 0.656. The molecule has 150 valence electrons. The van der Waals surface area contributed by atoms with Crippen LogP contribution in [0.2, 0.25) is 0 Å². The van der Waals surface area contributed by atoms with Gasteiger partial charge in [-0.3, -0.25) is 14.4 Å². The summed E-state index contributed by atoms with van der Waals surface area (Å²) in [5.74, 6) is -1.18. The number of amides is 2. The fraction of sp³-hybridized carbons (Fsp3) is 0.409. The van der Waals surface area contributed by atoms with E-state index in [9.17, 15) is 19.5 Å². The Labute approximate surface area is 165 Å². The number of carboxylic acid groups (broad SMARTS) is 1. The predicted octanol–water partition coefficient (Wildman–Crippen LogP) is 3.51. The van der Waals surface area contributed by atoms with Gasteiger partial charge in [0.05, 0.1) is 12.5 Å². The number of nitrogens with one attached hydrogen (secondary N) is 1. The molecule has 0 aliphatic rings. The molecule has 0 saturated heterocycles. The maximum Gasteiger partial charge on any atom is 0.305 e. The number of carboxylic acids is 1. The van der Waals surface area contributed by atoms with E-state index in [1.165, 1.54) is 0 Å². The molecule has 6 heteroatoms. The summed E-state index contributed by atoms with van der Waals surface area (Å²) in [6.07, 6.45) is 0.756. The topological polar surface area (TPSA) is 86.7 Å². The minimum Gasteiger partial charge on any atom is -0.481 e. The number of rotatable bonds is 10. The Morgan fingerprint density at radius 3 is 2.32 bits per heavy atom. The first-order chi connectivity index (χ1) is 13.4. The highest BCUT2D eigenvalue weighted by atomic mass is 16.4. The number of aliphatic carboxylic acids is 1. The van der Waals surface area contributed by atoms with Gasteiger partial charge >= 0.3 is 5.97 Å². The summed E-state index contributed by atoms with van der Waals surface area (Å²) < 4.78 is 0. The minimum atomic E-state index is -0.977. The van der Waals surface area contributed by atoms with Gasteiger partial charge in [0, 0.05) is 25.9 Å². The van der Waals surface area contributed by atoms with E-state index in [1.54, 1.807) is 4.90 Å². The van der Waals surface area contributed by atoms with Crippen molar-refractivity contribution in [3.05, 3.63) is 48.0 Å². The molecule has 0 aliphatic carbocycles. The van der Waals surface area contributed by atoms with Crippen LogP contribution in [0.4, 0.5) is 0 Å². The maximum atomic E-state index is 12.3. The van der Waals surface area contributed by atoms with Gasteiger partial charge in [-0.1, -0.05) is 36.4 Å². The largest absolute Gasteiger partial charge is 0.481 e. The van der Waals surface area contributed by atoms with Crippen LogP contribution in [0.25, 0.3) is 10.8 Å².